The normalized spacial score (nSPS) is 11.9. The molecule has 0 aromatic heterocycles. The average Bonchev–Trinajstić information content (AvgIpc) is 2.48. The molecule has 1 rings (SSSR count). The Labute approximate surface area is 144 Å². The van der Waals surface area contributed by atoms with Gasteiger partial charge in [0.2, 0.25) is 0 Å². The average molecular weight is 336 g/mol. The van der Waals surface area contributed by atoms with Crippen LogP contribution >= 0.6 is 0 Å². The summed E-state index contributed by atoms with van der Waals surface area (Å²) in [5.41, 5.74) is -0.779. The van der Waals surface area contributed by atoms with Crippen LogP contribution in [-0.2, 0) is 4.65 Å². The molecule has 0 unspecified atom stereocenters. The SMILES string of the molecule is CC(C)(O)C(C)(C)O[B]c1ccc(OCCCCNC(=O)O)cc1. The van der Waals surface area contributed by atoms with E-state index in [1.165, 1.54) is 0 Å². The molecule has 0 fully saturated rings. The molecule has 0 aliphatic heterocycles. The smallest absolute Gasteiger partial charge is 0.404 e. The Bertz CT molecular complexity index is 511. The highest BCUT2D eigenvalue weighted by atomic mass is 16.5. The highest BCUT2D eigenvalue weighted by Gasteiger charge is 2.35. The summed E-state index contributed by atoms with van der Waals surface area (Å²) in [7, 11) is 1.62. The van der Waals surface area contributed by atoms with Crippen molar-refractivity contribution in [1.82, 2.24) is 5.32 Å². The molecule has 6 nitrogen and oxygen atoms in total. The quantitative estimate of drug-likeness (QED) is 0.449. The predicted octanol–water partition coefficient (Wildman–Crippen LogP) is 1.92. The van der Waals surface area contributed by atoms with Gasteiger partial charge < -0.3 is 24.9 Å². The monoisotopic (exact) mass is 336 g/mol. The van der Waals surface area contributed by atoms with Crippen molar-refractivity contribution in [3.8, 4) is 5.75 Å². The number of aliphatic hydroxyl groups is 1. The number of carboxylic acid groups (broad SMARTS) is 1. The van der Waals surface area contributed by atoms with E-state index >= 15 is 0 Å². The fourth-order valence-corrected chi connectivity index (χ4v) is 1.61. The molecule has 1 aromatic rings. The number of ether oxygens (including phenoxy) is 1. The zero-order valence-electron chi connectivity index (χ0n) is 14.8. The second kappa shape index (κ2) is 8.94. The van der Waals surface area contributed by atoms with Gasteiger partial charge in [-0.2, -0.15) is 0 Å². The topological polar surface area (TPSA) is 88.0 Å². The van der Waals surface area contributed by atoms with Crippen molar-refractivity contribution < 1.29 is 24.4 Å². The third-order valence-corrected chi connectivity index (χ3v) is 3.96. The molecule has 1 amide bonds. The second-order valence-corrected chi connectivity index (χ2v) is 6.66. The van der Waals surface area contributed by atoms with Crippen molar-refractivity contribution in [2.45, 2.75) is 51.7 Å². The minimum atomic E-state index is -1.00. The molecule has 24 heavy (non-hydrogen) atoms. The molecule has 3 N–H and O–H groups in total. The molecule has 0 aliphatic rings. The molecule has 0 saturated carbocycles. The zero-order chi connectivity index (χ0) is 18.2. The van der Waals surface area contributed by atoms with Gasteiger partial charge in [-0.05, 0) is 52.7 Å². The Kier molecular flexibility index (Phi) is 7.57. The lowest BCUT2D eigenvalue weighted by Gasteiger charge is -2.37. The Morgan fingerprint density at radius 2 is 1.79 bits per heavy atom. The maximum atomic E-state index is 10.3. The van der Waals surface area contributed by atoms with Crippen molar-refractivity contribution >= 4 is 19.0 Å². The molecular weight excluding hydrogens is 309 g/mol. The van der Waals surface area contributed by atoms with Gasteiger partial charge in [0.25, 0.3) is 0 Å². The van der Waals surface area contributed by atoms with Crippen LogP contribution in [0.1, 0.15) is 40.5 Å². The minimum absolute atomic E-state index is 0.431. The van der Waals surface area contributed by atoms with Crippen molar-refractivity contribution in [3.63, 3.8) is 0 Å². The van der Waals surface area contributed by atoms with E-state index in [4.69, 9.17) is 14.5 Å². The largest absolute Gasteiger partial charge is 0.494 e. The lowest BCUT2D eigenvalue weighted by molar-refractivity contribution is -0.0893. The fourth-order valence-electron chi connectivity index (χ4n) is 1.61. The van der Waals surface area contributed by atoms with Crippen LogP contribution in [-0.4, -0.2) is 48.1 Å². The van der Waals surface area contributed by atoms with Crippen LogP contribution in [0.15, 0.2) is 24.3 Å². The summed E-state index contributed by atoms with van der Waals surface area (Å²) >= 11 is 0. The highest BCUT2D eigenvalue weighted by molar-refractivity contribution is 6.47. The van der Waals surface area contributed by atoms with E-state index in [9.17, 15) is 9.90 Å². The minimum Gasteiger partial charge on any atom is -0.494 e. The van der Waals surface area contributed by atoms with Gasteiger partial charge in [-0.3, -0.25) is 0 Å². The highest BCUT2D eigenvalue weighted by Crippen LogP contribution is 2.24. The van der Waals surface area contributed by atoms with Gasteiger partial charge in [0.05, 0.1) is 17.8 Å². The van der Waals surface area contributed by atoms with Crippen molar-refractivity contribution in [3.05, 3.63) is 24.3 Å². The summed E-state index contributed by atoms with van der Waals surface area (Å²) < 4.78 is 11.3. The molecular formula is C17H27BNO5. The van der Waals surface area contributed by atoms with Gasteiger partial charge in [0.1, 0.15) is 5.75 Å². The molecule has 0 atom stereocenters. The molecule has 1 aromatic carbocycles. The number of carbonyl (C=O) groups is 1. The Morgan fingerprint density at radius 3 is 2.33 bits per heavy atom. The van der Waals surface area contributed by atoms with Gasteiger partial charge in [0, 0.05) is 6.54 Å². The van der Waals surface area contributed by atoms with E-state index in [-0.39, 0.29) is 0 Å². The number of unbranched alkanes of at least 4 members (excludes halogenated alkanes) is 1. The van der Waals surface area contributed by atoms with E-state index in [2.05, 4.69) is 5.32 Å². The van der Waals surface area contributed by atoms with Gasteiger partial charge >= 0.3 is 13.6 Å². The molecule has 0 aliphatic carbocycles. The number of rotatable bonds is 10. The first kappa shape index (κ1) is 20.3. The van der Waals surface area contributed by atoms with Gasteiger partial charge in [-0.15, -0.1) is 0 Å². The first-order valence-corrected chi connectivity index (χ1v) is 8.05. The van der Waals surface area contributed by atoms with Crippen LogP contribution in [0.25, 0.3) is 0 Å². The van der Waals surface area contributed by atoms with Gasteiger partial charge in [0.15, 0.2) is 0 Å². The third kappa shape index (κ3) is 7.23. The predicted molar refractivity (Wildman–Crippen MR) is 94.0 cm³/mol. The summed E-state index contributed by atoms with van der Waals surface area (Å²) in [5.74, 6) is 0.750. The summed E-state index contributed by atoms with van der Waals surface area (Å²) in [6, 6.07) is 7.45. The van der Waals surface area contributed by atoms with Gasteiger partial charge in [-0.25, -0.2) is 4.79 Å². The fraction of sp³-hybridized carbons (Fsp3) is 0.588. The van der Waals surface area contributed by atoms with E-state index < -0.39 is 17.3 Å². The summed E-state index contributed by atoms with van der Waals surface area (Å²) in [6.07, 6.45) is 0.507. The zero-order valence-corrected chi connectivity index (χ0v) is 14.8. The van der Waals surface area contributed by atoms with E-state index in [1.807, 2.05) is 38.1 Å². The van der Waals surface area contributed by atoms with Crippen LogP contribution in [0.3, 0.4) is 0 Å². The molecule has 7 heteroatoms. The summed E-state index contributed by atoms with van der Waals surface area (Å²) in [6.45, 7) is 8.06. The Hall–Kier alpha value is -1.73. The number of nitrogens with one attached hydrogen (secondary N) is 1. The van der Waals surface area contributed by atoms with Crippen LogP contribution in [0.4, 0.5) is 4.79 Å². The van der Waals surface area contributed by atoms with Crippen LogP contribution < -0.4 is 15.5 Å². The maximum absolute atomic E-state index is 10.3. The number of amides is 1. The second-order valence-electron chi connectivity index (χ2n) is 6.66. The number of hydrogen-bond donors (Lipinski definition) is 3. The third-order valence-electron chi connectivity index (χ3n) is 3.96. The van der Waals surface area contributed by atoms with E-state index in [1.54, 1.807) is 21.3 Å². The molecule has 0 spiro atoms. The molecule has 0 bridgehead atoms. The summed E-state index contributed by atoms with van der Waals surface area (Å²) in [4.78, 5) is 10.3. The first-order chi connectivity index (χ1) is 11.1. The van der Waals surface area contributed by atoms with E-state index in [0.29, 0.717) is 13.2 Å². The molecule has 0 heterocycles. The lowest BCUT2D eigenvalue weighted by Crippen LogP contribution is -2.49. The van der Waals surface area contributed by atoms with Gasteiger partial charge in [-0.1, -0.05) is 17.6 Å². The first-order valence-electron chi connectivity index (χ1n) is 8.05. The van der Waals surface area contributed by atoms with Crippen LogP contribution in [0, 0.1) is 0 Å². The molecule has 1 radical (unpaired) electrons. The lowest BCUT2D eigenvalue weighted by atomic mass is 9.82. The molecule has 0 saturated heterocycles. The van der Waals surface area contributed by atoms with Crippen LogP contribution in [0.2, 0.25) is 0 Å². The number of hydrogen-bond acceptors (Lipinski definition) is 4. The maximum Gasteiger partial charge on any atom is 0.404 e. The summed E-state index contributed by atoms with van der Waals surface area (Å²) in [5, 5.41) is 20.8. The van der Waals surface area contributed by atoms with Crippen molar-refractivity contribution in [2.24, 2.45) is 0 Å². The van der Waals surface area contributed by atoms with Crippen LogP contribution in [0.5, 0.6) is 5.75 Å². The Balaban J connectivity index is 2.32. The molecule has 133 valence electrons. The standard InChI is InChI=1S/C17H27BNO5/c1-16(2,22)17(3,4)24-18-13-7-9-14(10-8-13)23-12-6-5-11-19-15(20)21/h7-10,19,22H,5-6,11-12H2,1-4H3,(H,20,21). The Morgan fingerprint density at radius 1 is 1.17 bits per heavy atom. The van der Waals surface area contributed by atoms with Crippen molar-refractivity contribution in [1.29, 1.82) is 0 Å². The van der Waals surface area contributed by atoms with Crippen molar-refractivity contribution in [2.75, 3.05) is 13.2 Å². The number of benzene rings is 1. The van der Waals surface area contributed by atoms with E-state index in [0.717, 1.165) is 24.1 Å².